The Balaban J connectivity index is 1.37. The highest BCUT2D eigenvalue weighted by atomic mass is 32.2. The predicted octanol–water partition coefficient (Wildman–Crippen LogP) is 5.76. The third kappa shape index (κ3) is 5.30. The number of nitrogens with zero attached hydrogens (tertiary/aromatic N) is 2. The molecule has 0 atom stereocenters. The number of aromatic nitrogens is 1. The largest absolute Gasteiger partial charge is 0.573 e. The van der Waals surface area contributed by atoms with E-state index in [2.05, 4.69) is 14.4 Å². The Hall–Kier alpha value is -3.90. The zero-order valence-electron chi connectivity index (χ0n) is 19.1. The van der Waals surface area contributed by atoms with Crippen molar-refractivity contribution in [2.75, 3.05) is 11.8 Å². The number of carbonyl (C=O) groups is 1. The van der Waals surface area contributed by atoms with E-state index >= 15 is 0 Å². The van der Waals surface area contributed by atoms with Crippen LogP contribution in [0.1, 0.15) is 15.9 Å². The molecule has 2 aromatic carbocycles. The molecule has 0 radical (unpaired) electrons. The lowest BCUT2D eigenvalue weighted by molar-refractivity contribution is -0.274. The van der Waals surface area contributed by atoms with Gasteiger partial charge in [0.1, 0.15) is 5.75 Å². The number of anilines is 1. The minimum Gasteiger partial charge on any atom is -0.406 e. The lowest BCUT2D eigenvalue weighted by Crippen LogP contribution is -2.18. The number of nitrogens with one attached hydrogen (secondary N) is 1. The molecule has 0 aliphatic carbocycles. The van der Waals surface area contributed by atoms with Gasteiger partial charge in [-0.3, -0.25) is 14.5 Å². The molecule has 7 nitrogen and oxygen atoms in total. The van der Waals surface area contributed by atoms with Crippen molar-refractivity contribution in [1.29, 1.82) is 0 Å². The second-order valence-corrected chi connectivity index (χ2v) is 11.1. The van der Waals surface area contributed by atoms with Crippen LogP contribution in [-0.4, -0.2) is 37.6 Å². The number of carbonyl (C=O) groups excluding carboxylic acids is 1. The van der Waals surface area contributed by atoms with Gasteiger partial charge < -0.3 is 9.64 Å². The average Bonchev–Trinajstić information content (AvgIpc) is 3.43. The van der Waals surface area contributed by atoms with Crippen molar-refractivity contribution in [3.63, 3.8) is 0 Å². The van der Waals surface area contributed by atoms with Gasteiger partial charge in [0.05, 0.1) is 16.8 Å². The highest BCUT2D eigenvalue weighted by molar-refractivity contribution is 7.92. The van der Waals surface area contributed by atoms with Gasteiger partial charge in [0, 0.05) is 46.7 Å². The molecule has 12 heteroatoms. The molecule has 4 aromatic rings. The van der Waals surface area contributed by atoms with Crippen LogP contribution in [0.15, 0.2) is 78.0 Å². The molecule has 1 aliphatic rings. The molecular weight excluding hydrogens is 527 g/mol. The lowest BCUT2D eigenvalue weighted by Gasteiger charge is -2.12. The number of hydrogen-bond acceptors (Lipinski definition) is 6. The third-order valence-corrected chi connectivity index (χ3v) is 8.17. The van der Waals surface area contributed by atoms with Crippen LogP contribution in [0, 0.1) is 0 Å². The molecule has 0 fully saturated rings. The molecule has 0 saturated heterocycles. The third-order valence-electron chi connectivity index (χ3n) is 5.60. The first-order chi connectivity index (χ1) is 17.5. The monoisotopic (exact) mass is 545 g/mol. The molecule has 3 heterocycles. The summed E-state index contributed by atoms with van der Waals surface area (Å²) in [5.41, 5.74) is 3.42. The number of pyridine rings is 1. The Bertz CT molecular complexity index is 1620. The van der Waals surface area contributed by atoms with Gasteiger partial charge in [-0.15, -0.1) is 24.5 Å². The number of sulfonamides is 1. The molecular formula is C25H18F3N3O4S2. The number of halogens is 3. The van der Waals surface area contributed by atoms with Crippen molar-refractivity contribution in [2.45, 2.75) is 17.8 Å². The Morgan fingerprint density at radius 3 is 2.51 bits per heavy atom. The van der Waals surface area contributed by atoms with Crippen molar-refractivity contribution >= 4 is 33.0 Å². The summed E-state index contributed by atoms with van der Waals surface area (Å²) in [6.07, 6.45) is -2.05. The Morgan fingerprint density at radius 1 is 1.00 bits per heavy atom. The van der Waals surface area contributed by atoms with E-state index in [9.17, 15) is 26.4 Å². The smallest absolute Gasteiger partial charge is 0.406 e. The van der Waals surface area contributed by atoms with Crippen molar-refractivity contribution in [2.24, 2.45) is 0 Å². The quantitative estimate of drug-likeness (QED) is 0.333. The molecule has 1 amide bonds. The Morgan fingerprint density at radius 2 is 1.76 bits per heavy atom. The molecule has 37 heavy (non-hydrogen) atoms. The minimum absolute atomic E-state index is 0.00151. The number of rotatable bonds is 6. The zero-order valence-corrected chi connectivity index (χ0v) is 20.7. The van der Waals surface area contributed by atoms with Crippen LogP contribution in [0.2, 0.25) is 0 Å². The molecule has 1 aliphatic heterocycles. The van der Waals surface area contributed by atoms with Gasteiger partial charge in [-0.25, -0.2) is 8.42 Å². The van der Waals surface area contributed by atoms with Gasteiger partial charge in [-0.1, -0.05) is 12.1 Å². The lowest BCUT2D eigenvalue weighted by atomic mass is 10.1. The summed E-state index contributed by atoms with van der Waals surface area (Å²) < 4.78 is 69.3. The van der Waals surface area contributed by atoms with Gasteiger partial charge >= 0.3 is 6.36 Å². The summed E-state index contributed by atoms with van der Waals surface area (Å²) in [5, 5.41) is 0. The van der Waals surface area contributed by atoms with Crippen molar-refractivity contribution < 1.29 is 31.1 Å². The highest BCUT2D eigenvalue weighted by Gasteiger charge is 2.31. The van der Waals surface area contributed by atoms with E-state index in [4.69, 9.17) is 0 Å². The summed E-state index contributed by atoms with van der Waals surface area (Å²) in [6, 6.07) is 15.2. The SMILES string of the molecule is CN1Cc2cc(-c3ccc(-c4cncc(NS(=O)(=O)c5cccc(OC(F)(F)F)c5)c4)s3)ccc2C1=O. The maximum atomic E-state index is 12.8. The van der Waals surface area contributed by atoms with E-state index in [1.807, 2.05) is 30.3 Å². The number of hydrogen-bond donors (Lipinski definition) is 1. The van der Waals surface area contributed by atoms with Crippen LogP contribution in [0.4, 0.5) is 18.9 Å². The maximum absolute atomic E-state index is 12.8. The standard InChI is InChI=1S/C25H18F3N3O4S2/c1-31-14-17-9-15(5-6-21(17)24(31)32)22-7-8-23(36-22)16-10-18(13-29-12-16)30-37(33,34)20-4-2-3-19(11-20)35-25(26,27)28/h2-13,30H,14H2,1H3. The molecule has 2 aromatic heterocycles. The second kappa shape index (κ2) is 9.20. The van der Waals surface area contributed by atoms with Crippen LogP contribution in [0.25, 0.3) is 20.9 Å². The first-order valence-electron chi connectivity index (χ1n) is 10.8. The molecule has 1 N–H and O–H groups in total. The van der Waals surface area contributed by atoms with Crippen molar-refractivity contribution in [3.8, 4) is 26.6 Å². The normalized spacial score (nSPS) is 13.5. The number of alkyl halides is 3. The Labute approximate surface area is 214 Å². The van der Waals surface area contributed by atoms with Crippen molar-refractivity contribution in [1.82, 2.24) is 9.88 Å². The van der Waals surface area contributed by atoms with Crippen LogP contribution in [-0.2, 0) is 16.6 Å². The van der Waals surface area contributed by atoms with Gasteiger partial charge in [0.15, 0.2) is 0 Å². The number of benzene rings is 2. The van der Waals surface area contributed by atoms with E-state index in [0.717, 1.165) is 45.1 Å². The number of ether oxygens (including phenoxy) is 1. The summed E-state index contributed by atoms with van der Waals surface area (Å²) >= 11 is 1.48. The van der Waals surface area contributed by atoms with Crippen LogP contribution >= 0.6 is 11.3 Å². The molecule has 0 spiro atoms. The number of thiophene rings is 1. The minimum atomic E-state index is -4.94. The maximum Gasteiger partial charge on any atom is 0.573 e. The topological polar surface area (TPSA) is 88.6 Å². The fourth-order valence-corrected chi connectivity index (χ4v) is 6.00. The predicted molar refractivity (Wildman–Crippen MR) is 133 cm³/mol. The van der Waals surface area contributed by atoms with E-state index in [1.165, 1.54) is 17.5 Å². The van der Waals surface area contributed by atoms with Crippen LogP contribution in [0.5, 0.6) is 5.75 Å². The van der Waals surface area contributed by atoms with Gasteiger partial charge in [0.2, 0.25) is 0 Å². The summed E-state index contributed by atoms with van der Waals surface area (Å²) in [5.74, 6) is -0.644. The van der Waals surface area contributed by atoms with Crippen LogP contribution in [0.3, 0.4) is 0 Å². The second-order valence-electron chi connectivity index (χ2n) is 8.29. The molecule has 0 bridgehead atoms. The molecule has 5 rings (SSSR count). The fraction of sp³-hybridized carbons (Fsp3) is 0.120. The fourth-order valence-electron chi connectivity index (χ4n) is 3.95. The van der Waals surface area contributed by atoms with Gasteiger partial charge in [-0.2, -0.15) is 0 Å². The summed E-state index contributed by atoms with van der Waals surface area (Å²) in [4.78, 5) is 19.3. The summed E-state index contributed by atoms with van der Waals surface area (Å²) in [7, 11) is -2.45. The highest BCUT2D eigenvalue weighted by Crippen LogP contribution is 2.37. The van der Waals surface area contributed by atoms with Gasteiger partial charge in [-0.05, 0) is 53.6 Å². The molecule has 190 valence electrons. The molecule has 0 unspecified atom stereocenters. The van der Waals surface area contributed by atoms with Crippen molar-refractivity contribution in [3.05, 3.63) is 84.2 Å². The average molecular weight is 546 g/mol. The van der Waals surface area contributed by atoms with E-state index in [1.54, 1.807) is 24.2 Å². The first-order valence-corrected chi connectivity index (χ1v) is 13.1. The zero-order chi connectivity index (χ0) is 26.4. The number of amides is 1. The van der Waals surface area contributed by atoms with Gasteiger partial charge in [0.25, 0.3) is 15.9 Å². The molecule has 0 saturated carbocycles. The number of fused-ring (bicyclic) bond motifs is 1. The van der Waals surface area contributed by atoms with E-state index in [-0.39, 0.29) is 11.6 Å². The first kappa shape index (κ1) is 24.8. The van der Waals surface area contributed by atoms with E-state index in [0.29, 0.717) is 17.7 Å². The Kier molecular flexibility index (Phi) is 6.16. The summed E-state index contributed by atoms with van der Waals surface area (Å²) in [6.45, 7) is 0.553. The van der Waals surface area contributed by atoms with Crippen LogP contribution < -0.4 is 9.46 Å². The van der Waals surface area contributed by atoms with E-state index < -0.39 is 27.0 Å².